The first kappa shape index (κ1) is 20.3. The van der Waals surface area contributed by atoms with Crippen molar-refractivity contribution in [2.75, 3.05) is 0 Å². The van der Waals surface area contributed by atoms with Gasteiger partial charge in [-0.15, -0.1) is 0 Å². The molecule has 0 fully saturated rings. The Labute approximate surface area is 174 Å². The number of unbranched alkanes of at least 4 members (excludes halogenated alkanes) is 2. The molecule has 0 saturated carbocycles. The standard InChI is InChI=1S/C20H24I2OP/c1-3-5-7-15-9-17(21)13-19(11-15)24(23)20-12-16(8-6-4-2)10-18(22)14-20/h9-14H,3-8H2,1-2H3/q+1. The molecule has 0 aromatic heterocycles. The van der Waals surface area contributed by atoms with Gasteiger partial charge < -0.3 is 0 Å². The second kappa shape index (κ2) is 10.2. The van der Waals surface area contributed by atoms with E-state index in [1.165, 1.54) is 44.0 Å². The SMILES string of the molecule is CCCCc1cc(I)cc([P+](=O)c2cc(I)cc(CCCC)c2)c1. The Morgan fingerprint density at radius 3 is 1.54 bits per heavy atom. The summed E-state index contributed by atoms with van der Waals surface area (Å²) in [5.41, 5.74) is 2.61. The average molecular weight is 565 g/mol. The van der Waals surface area contributed by atoms with Crippen LogP contribution in [0.3, 0.4) is 0 Å². The lowest BCUT2D eigenvalue weighted by molar-refractivity contribution is 0.598. The van der Waals surface area contributed by atoms with E-state index in [4.69, 9.17) is 0 Å². The van der Waals surface area contributed by atoms with Gasteiger partial charge in [0, 0.05) is 19.3 Å². The molecule has 0 bridgehead atoms. The van der Waals surface area contributed by atoms with Gasteiger partial charge in [-0.25, -0.2) is 0 Å². The van der Waals surface area contributed by atoms with Crippen LogP contribution >= 0.6 is 53.0 Å². The first-order valence-electron chi connectivity index (χ1n) is 8.59. The molecule has 2 aromatic carbocycles. The largest absolute Gasteiger partial charge is 0.415 e. The summed E-state index contributed by atoms with van der Waals surface area (Å²) < 4.78 is 15.5. The maximum atomic E-state index is 13.1. The summed E-state index contributed by atoms with van der Waals surface area (Å²) in [6.45, 7) is 4.41. The Morgan fingerprint density at radius 1 is 0.750 bits per heavy atom. The van der Waals surface area contributed by atoms with Crippen LogP contribution in [0.2, 0.25) is 0 Å². The van der Waals surface area contributed by atoms with Crippen molar-refractivity contribution in [3.05, 3.63) is 54.7 Å². The summed E-state index contributed by atoms with van der Waals surface area (Å²) in [4.78, 5) is 0. The van der Waals surface area contributed by atoms with Gasteiger partial charge in [-0.2, -0.15) is 0 Å². The second-order valence-corrected chi connectivity index (χ2v) is 10.2. The molecule has 0 amide bonds. The minimum atomic E-state index is -1.53. The third-order valence-corrected chi connectivity index (χ3v) is 6.69. The van der Waals surface area contributed by atoms with Crippen molar-refractivity contribution in [3.8, 4) is 0 Å². The van der Waals surface area contributed by atoms with Crippen molar-refractivity contribution in [1.29, 1.82) is 0 Å². The van der Waals surface area contributed by atoms with Crippen molar-refractivity contribution in [2.24, 2.45) is 0 Å². The zero-order valence-electron chi connectivity index (χ0n) is 14.3. The smallest absolute Gasteiger partial charge is 0.0654 e. The first-order valence-corrected chi connectivity index (χ1v) is 12.0. The van der Waals surface area contributed by atoms with E-state index >= 15 is 0 Å². The fourth-order valence-electron chi connectivity index (χ4n) is 2.70. The van der Waals surface area contributed by atoms with E-state index in [1.807, 2.05) is 0 Å². The van der Waals surface area contributed by atoms with Crippen LogP contribution < -0.4 is 10.6 Å². The Hall–Kier alpha value is -0.000000000000000111. The van der Waals surface area contributed by atoms with Gasteiger partial charge in [-0.05, 0) is 106 Å². The molecule has 0 aliphatic rings. The molecule has 0 aliphatic heterocycles. The van der Waals surface area contributed by atoms with Gasteiger partial charge in [0.05, 0.1) is 0 Å². The lowest BCUT2D eigenvalue weighted by Gasteiger charge is -2.03. The quantitative estimate of drug-likeness (QED) is 0.269. The van der Waals surface area contributed by atoms with E-state index in [0.717, 1.165) is 23.5 Å². The van der Waals surface area contributed by atoms with Crippen molar-refractivity contribution in [3.63, 3.8) is 0 Å². The predicted octanol–water partition coefficient (Wildman–Crippen LogP) is 6.36. The lowest BCUT2D eigenvalue weighted by atomic mass is 10.1. The zero-order valence-corrected chi connectivity index (χ0v) is 19.5. The van der Waals surface area contributed by atoms with Crippen molar-refractivity contribution in [2.45, 2.75) is 52.4 Å². The molecule has 0 radical (unpaired) electrons. The topological polar surface area (TPSA) is 17.1 Å². The fourth-order valence-corrected chi connectivity index (χ4v) is 6.04. The van der Waals surface area contributed by atoms with Gasteiger partial charge in [0.15, 0.2) is 10.6 Å². The van der Waals surface area contributed by atoms with E-state index < -0.39 is 7.80 Å². The van der Waals surface area contributed by atoms with Crippen LogP contribution in [-0.4, -0.2) is 0 Å². The summed E-state index contributed by atoms with van der Waals surface area (Å²) in [6, 6.07) is 12.8. The van der Waals surface area contributed by atoms with Gasteiger partial charge in [-0.1, -0.05) is 31.3 Å². The molecule has 0 saturated heterocycles. The highest BCUT2D eigenvalue weighted by Gasteiger charge is 2.25. The zero-order chi connectivity index (χ0) is 17.5. The molecular formula is C20H24I2OP+. The molecule has 0 heterocycles. The van der Waals surface area contributed by atoms with E-state index in [2.05, 4.69) is 95.4 Å². The van der Waals surface area contributed by atoms with Crippen LogP contribution in [0.15, 0.2) is 36.4 Å². The molecule has 0 spiro atoms. The van der Waals surface area contributed by atoms with Crippen LogP contribution in [0.4, 0.5) is 0 Å². The van der Waals surface area contributed by atoms with Gasteiger partial charge in [0.2, 0.25) is 0 Å². The highest BCUT2D eigenvalue weighted by molar-refractivity contribution is 14.1. The normalized spacial score (nSPS) is 10.8. The molecule has 2 aromatic rings. The Balaban J connectivity index is 2.30. The van der Waals surface area contributed by atoms with Crippen molar-refractivity contribution >= 4 is 63.6 Å². The van der Waals surface area contributed by atoms with Gasteiger partial charge in [0.1, 0.15) is 0 Å². The highest BCUT2D eigenvalue weighted by atomic mass is 127. The van der Waals surface area contributed by atoms with Crippen molar-refractivity contribution in [1.82, 2.24) is 0 Å². The number of aryl methyl sites for hydroxylation is 2. The summed E-state index contributed by atoms with van der Waals surface area (Å²) in [5.74, 6) is 0. The Morgan fingerprint density at radius 2 is 1.17 bits per heavy atom. The number of hydrogen-bond donors (Lipinski definition) is 0. The Kier molecular flexibility index (Phi) is 8.65. The van der Waals surface area contributed by atoms with Gasteiger partial charge in [0.25, 0.3) is 0 Å². The van der Waals surface area contributed by atoms with E-state index in [9.17, 15) is 4.57 Å². The molecular weight excluding hydrogens is 541 g/mol. The summed E-state index contributed by atoms with van der Waals surface area (Å²) in [6.07, 6.45) is 6.87. The van der Waals surface area contributed by atoms with E-state index in [0.29, 0.717) is 0 Å². The first-order chi connectivity index (χ1) is 11.5. The molecule has 1 nitrogen and oxygen atoms in total. The molecule has 0 N–H and O–H groups in total. The maximum absolute atomic E-state index is 13.1. The lowest BCUT2D eigenvalue weighted by Crippen LogP contribution is -2.10. The minimum absolute atomic E-state index is 0.964. The van der Waals surface area contributed by atoms with Crippen LogP contribution in [0.5, 0.6) is 0 Å². The number of benzene rings is 2. The third kappa shape index (κ3) is 6.06. The number of hydrogen-bond acceptors (Lipinski definition) is 1. The molecule has 4 heteroatoms. The monoisotopic (exact) mass is 565 g/mol. The average Bonchev–Trinajstić information content (AvgIpc) is 2.56. The predicted molar refractivity (Wildman–Crippen MR) is 122 cm³/mol. The Bertz CT molecular complexity index is 653. The molecule has 128 valence electrons. The summed E-state index contributed by atoms with van der Waals surface area (Å²) in [5, 5.41) is 1.93. The second-order valence-electron chi connectivity index (χ2n) is 6.14. The van der Waals surface area contributed by atoms with Crippen LogP contribution in [0.1, 0.15) is 50.7 Å². The molecule has 0 aliphatic carbocycles. The summed E-state index contributed by atoms with van der Waals surface area (Å²) >= 11 is 4.67. The summed E-state index contributed by atoms with van der Waals surface area (Å²) in [7, 11) is -1.53. The number of halogens is 2. The van der Waals surface area contributed by atoms with Gasteiger partial charge >= 0.3 is 7.80 Å². The highest BCUT2D eigenvalue weighted by Crippen LogP contribution is 2.25. The van der Waals surface area contributed by atoms with E-state index in [-0.39, 0.29) is 0 Å². The third-order valence-electron chi connectivity index (χ3n) is 3.99. The fraction of sp³-hybridized carbons (Fsp3) is 0.400. The van der Waals surface area contributed by atoms with Crippen LogP contribution in [0.25, 0.3) is 0 Å². The van der Waals surface area contributed by atoms with Crippen LogP contribution in [0, 0.1) is 7.14 Å². The van der Waals surface area contributed by atoms with Crippen molar-refractivity contribution < 1.29 is 4.57 Å². The maximum Gasteiger partial charge on any atom is 0.415 e. The molecule has 0 unspecified atom stereocenters. The molecule has 24 heavy (non-hydrogen) atoms. The molecule has 0 atom stereocenters. The minimum Gasteiger partial charge on any atom is -0.0654 e. The number of rotatable bonds is 8. The van der Waals surface area contributed by atoms with Gasteiger partial charge in [-0.3, -0.25) is 0 Å². The molecule has 2 rings (SSSR count). The van der Waals surface area contributed by atoms with Crippen LogP contribution in [-0.2, 0) is 17.4 Å². The van der Waals surface area contributed by atoms with E-state index in [1.54, 1.807) is 0 Å².